The number of carboxylic acids is 1. The second-order valence-electron chi connectivity index (χ2n) is 7.47. The summed E-state index contributed by atoms with van der Waals surface area (Å²) in [7, 11) is 1.86. The van der Waals surface area contributed by atoms with Crippen LogP contribution >= 0.6 is 0 Å². The minimum absolute atomic E-state index is 0.0336. The van der Waals surface area contributed by atoms with Crippen molar-refractivity contribution < 1.29 is 14.7 Å². The molecule has 0 bridgehead atoms. The maximum atomic E-state index is 12.9. The fraction of sp³-hybridized carbons (Fsp3) is 0.476. The van der Waals surface area contributed by atoms with Crippen LogP contribution in [0.15, 0.2) is 36.5 Å². The van der Waals surface area contributed by atoms with Crippen LogP contribution in [0.25, 0.3) is 10.9 Å². The number of nitrogens with one attached hydrogen (secondary N) is 1. The predicted molar refractivity (Wildman–Crippen MR) is 109 cm³/mol. The Morgan fingerprint density at radius 2 is 2.11 bits per heavy atom. The molecule has 0 spiro atoms. The molecule has 1 saturated heterocycles. The summed E-state index contributed by atoms with van der Waals surface area (Å²) in [4.78, 5) is 32.2. The fourth-order valence-electron chi connectivity index (χ4n) is 3.89. The van der Waals surface area contributed by atoms with Crippen molar-refractivity contribution in [3.63, 3.8) is 0 Å². The normalized spacial score (nSPS) is 19.3. The molecule has 1 aliphatic heterocycles. The van der Waals surface area contributed by atoms with Crippen LogP contribution in [0.2, 0.25) is 0 Å². The Labute approximate surface area is 165 Å². The van der Waals surface area contributed by atoms with Gasteiger partial charge in [-0.25, -0.2) is 0 Å². The number of amides is 1. The van der Waals surface area contributed by atoms with Crippen LogP contribution in [0.5, 0.6) is 0 Å². The summed E-state index contributed by atoms with van der Waals surface area (Å²) in [5.41, 5.74) is 1.63. The molecule has 7 nitrogen and oxygen atoms in total. The first-order chi connectivity index (χ1) is 13.5. The molecular weight excluding hydrogens is 356 g/mol. The molecule has 2 atom stereocenters. The Hall–Kier alpha value is -2.51. The number of likely N-dealkylation sites (N-methyl/N-ethyl adjacent to an activating group) is 1. The van der Waals surface area contributed by atoms with E-state index in [-0.39, 0.29) is 24.5 Å². The Morgan fingerprint density at radius 3 is 2.89 bits per heavy atom. The topological polar surface area (TPSA) is 85.8 Å². The molecule has 7 heteroatoms. The summed E-state index contributed by atoms with van der Waals surface area (Å²) >= 11 is 0. The lowest BCUT2D eigenvalue weighted by Gasteiger charge is -2.28. The molecule has 2 aromatic rings. The van der Waals surface area contributed by atoms with Crippen molar-refractivity contribution in [1.82, 2.24) is 14.8 Å². The molecule has 2 N–H and O–H groups in total. The van der Waals surface area contributed by atoms with E-state index < -0.39 is 5.97 Å². The molecule has 150 valence electrons. The van der Waals surface area contributed by atoms with E-state index in [4.69, 9.17) is 5.11 Å². The molecule has 2 unspecified atom stereocenters. The fourth-order valence-corrected chi connectivity index (χ4v) is 3.89. The third kappa shape index (κ3) is 4.85. The average Bonchev–Trinajstić information content (AvgIpc) is 2.93. The SMILES string of the molecule is CC(C(=O)Nc1cccc2ncccc12)N1CCCC(N(C)CC(=O)O)CC1. The smallest absolute Gasteiger partial charge is 0.317 e. The number of fused-ring (bicyclic) bond motifs is 1. The Morgan fingerprint density at radius 1 is 1.29 bits per heavy atom. The van der Waals surface area contributed by atoms with Gasteiger partial charge in [0.05, 0.1) is 23.8 Å². The molecule has 1 fully saturated rings. The van der Waals surface area contributed by atoms with Crippen molar-refractivity contribution in [2.75, 3.05) is 32.0 Å². The first-order valence-corrected chi connectivity index (χ1v) is 9.76. The highest BCUT2D eigenvalue weighted by Gasteiger charge is 2.27. The molecule has 0 aliphatic carbocycles. The number of hydrogen-bond donors (Lipinski definition) is 2. The van der Waals surface area contributed by atoms with Crippen molar-refractivity contribution in [3.05, 3.63) is 36.5 Å². The van der Waals surface area contributed by atoms with Crippen LogP contribution in [0.3, 0.4) is 0 Å². The predicted octanol–water partition coefficient (Wildman–Crippen LogP) is 2.43. The highest BCUT2D eigenvalue weighted by molar-refractivity contribution is 6.02. The maximum absolute atomic E-state index is 12.9. The Kier molecular flexibility index (Phi) is 6.59. The summed E-state index contributed by atoms with van der Waals surface area (Å²) in [5, 5.41) is 13.0. The van der Waals surface area contributed by atoms with E-state index in [1.165, 1.54) is 0 Å². The van der Waals surface area contributed by atoms with Gasteiger partial charge in [0.2, 0.25) is 5.91 Å². The van der Waals surface area contributed by atoms with E-state index in [1.54, 1.807) is 6.20 Å². The van der Waals surface area contributed by atoms with Gasteiger partial charge in [0, 0.05) is 24.2 Å². The van der Waals surface area contributed by atoms with Crippen LogP contribution in [0.1, 0.15) is 26.2 Å². The number of carbonyl (C=O) groups is 2. The number of anilines is 1. The van der Waals surface area contributed by atoms with Crippen LogP contribution in [0.4, 0.5) is 5.69 Å². The maximum Gasteiger partial charge on any atom is 0.317 e. The summed E-state index contributed by atoms with van der Waals surface area (Å²) in [5.74, 6) is -0.838. The van der Waals surface area contributed by atoms with Crippen LogP contribution in [0, 0.1) is 0 Å². The molecular formula is C21H28N4O3. The van der Waals surface area contributed by atoms with E-state index in [1.807, 2.05) is 49.2 Å². The van der Waals surface area contributed by atoms with Gasteiger partial charge < -0.3 is 10.4 Å². The zero-order valence-electron chi connectivity index (χ0n) is 16.5. The van der Waals surface area contributed by atoms with E-state index in [9.17, 15) is 9.59 Å². The molecule has 1 amide bonds. The summed E-state index contributed by atoms with van der Waals surface area (Å²) < 4.78 is 0. The first kappa shape index (κ1) is 20.2. The number of rotatable bonds is 6. The van der Waals surface area contributed by atoms with Crippen molar-refractivity contribution >= 4 is 28.5 Å². The van der Waals surface area contributed by atoms with Gasteiger partial charge in [-0.3, -0.25) is 24.4 Å². The van der Waals surface area contributed by atoms with E-state index in [2.05, 4.69) is 15.2 Å². The number of hydrogen-bond acceptors (Lipinski definition) is 5. The molecule has 3 rings (SSSR count). The van der Waals surface area contributed by atoms with Gasteiger partial charge in [0.25, 0.3) is 0 Å². The minimum atomic E-state index is -0.805. The van der Waals surface area contributed by atoms with Gasteiger partial charge in [-0.15, -0.1) is 0 Å². The van der Waals surface area contributed by atoms with Gasteiger partial charge in [0.15, 0.2) is 0 Å². The lowest BCUT2D eigenvalue weighted by Crippen LogP contribution is -2.43. The lowest BCUT2D eigenvalue weighted by atomic mass is 10.1. The molecule has 0 saturated carbocycles. The number of carbonyl (C=O) groups excluding carboxylic acids is 1. The largest absolute Gasteiger partial charge is 0.480 e. The van der Waals surface area contributed by atoms with E-state index in [0.717, 1.165) is 48.9 Å². The number of likely N-dealkylation sites (tertiary alicyclic amines) is 1. The van der Waals surface area contributed by atoms with E-state index in [0.29, 0.717) is 0 Å². The summed E-state index contributed by atoms with van der Waals surface area (Å²) in [6.45, 7) is 3.60. The van der Waals surface area contributed by atoms with Crippen molar-refractivity contribution in [3.8, 4) is 0 Å². The number of aliphatic carboxylic acids is 1. The van der Waals surface area contributed by atoms with Gasteiger partial charge >= 0.3 is 5.97 Å². The first-order valence-electron chi connectivity index (χ1n) is 9.76. The lowest BCUT2D eigenvalue weighted by molar-refractivity contribution is -0.138. The third-order valence-electron chi connectivity index (χ3n) is 5.57. The van der Waals surface area contributed by atoms with Gasteiger partial charge in [-0.2, -0.15) is 0 Å². The number of aromatic nitrogens is 1. The molecule has 2 heterocycles. The van der Waals surface area contributed by atoms with Gasteiger partial charge in [-0.1, -0.05) is 6.07 Å². The zero-order chi connectivity index (χ0) is 20.1. The van der Waals surface area contributed by atoms with Crippen LogP contribution in [-0.4, -0.2) is 70.5 Å². The van der Waals surface area contributed by atoms with Crippen LogP contribution in [-0.2, 0) is 9.59 Å². The summed E-state index contributed by atoms with van der Waals surface area (Å²) in [6, 6.07) is 9.52. The van der Waals surface area contributed by atoms with Gasteiger partial charge in [0.1, 0.15) is 0 Å². The number of pyridine rings is 1. The molecule has 1 aliphatic rings. The Balaban J connectivity index is 1.62. The highest BCUT2D eigenvalue weighted by Crippen LogP contribution is 2.23. The molecule has 1 aromatic heterocycles. The third-order valence-corrected chi connectivity index (χ3v) is 5.57. The number of nitrogens with zero attached hydrogens (tertiary/aromatic N) is 3. The standard InChI is InChI=1S/C21H28N4O3/c1-15(25-12-5-6-16(10-13-25)24(2)14-20(26)27)21(28)23-19-9-3-8-18-17(19)7-4-11-22-18/h3-4,7-9,11,15-16H,5-6,10,12-14H2,1-2H3,(H,23,28)(H,26,27). The highest BCUT2D eigenvalue weighted by atomic mass is 16.4. The Bertz CT molecular complexity index is 836. The quantitative estimate of drug-likeness (QED) is 0.796. The number of benzene rings is 1. The second-order valence-corrected chi connectivity index (χ2v) is 7.47. The minimum Gasteiger partial charge on any atom is -0.480 e. The molecule has 0 radical (unpaired) electrons. The average molecular weight is 384 g/mol. The van der Waals surface area contributed by atoms with Crippen LogP contribution < -0.4 is 5.32 Å². The van der Waals surface area contributed by atoms with Crippen molar-refractivity contribution in [2.24, 2.45) is 0 Å². The zero-order valence-corrected chi connectivity index (χ0v) is 16.5. The van der Waals surface area contributed by atoms with Crippen molar-refractivity contribution in [1.29, 1.82) is 0 Å². The van der Waals surface area contributed by atoms with Gasteiger partial charge in [-0.05, 0) is 64.0 Å². The molecule has 28 heavy (non-hydrogen) atoms. The second kappa shape index (κ2) is 9.12. The van der Waals surface area contributed by atoms with E-state index >= 15 is 0 Å². The van der Waals surface area contributed by atoms with Crippen molar-refractivity contribution in [2.45, 2.75) is 38.3 Å². The number of carboxylic acid groups (broad SMARTS) is 1. The monoisotopic (exact) mass is 384 g/mol. The molecule has 1 aromatic carbocycles. The summed E-state index contributed by atoms with van der Waals surface area (Å²) in [6.07, 6.45) is 4.50.